The zero-order valence-corrected chi connectivity index (χ0v) is 28.1. The van der Waals surface area contributed by atoms with Crippen molar-refractivity contribution in [3.8, 4) is 11.3 Å². The van der Waals surface area contributed by atoms with Gasteiger partial charge in [0.15, 0.2) is 5.16 Å². The summed E-state index contributed by atoms with van der Waals surface area (Å²) >= 11 is 1.33. The second-order valence-corrected chi connectivity index (χ2v) is 14.6. The molecule has 254 valence electrons. The van der Waals surface area contributed by atoms with Gasteiger partial charge >= 0.3 is 15.5 Å². The van der Waals surface area contributed by atoms with E-state index in [-0.39, 0.29) is 51.4 Å². The molecule has 5 heterocycles. The molecule has 1 fully saturated rings. The molecule has 4 aromatic heterocycles. The third kappa shape index (κ3) is 4.74. The van der Waals surface area contributed by atoms with Crippen LogP contribution in [0.2, 0.25) is 0 Å². The lowest BCUT2D eigenvalue weighted by Gasteiger charge is -2.28. The molecule has 12 nitrogen and oxygen atoms in total. The summed E-state index contributed by atoms with van der Waals surface area (Å²) in [6.45, 7) is 4.54. The van der Waals surface area contributed by atoms with Crippen LogP contribution in [0.5, 0.6) is 0 Å². The summed E-state index contributed by atoms with van der Waals surface area (Å²) in [6.07, 6.45) is 3.10. The van der Waals surface area contributed by atoms with Crippen LogP contribution in [0.25, 0.3) is 55.0 Å². The van der Waals surface area contributed by atoms with Crippen LogP contribution in [0.15, 0.2) is 29.6 Å². The monoisotopic (exact) mass is 706 g/mol. The van der Waals surface area contributed by atoms with Gasteiger partial charge in [-0.05, 0) is 48.1 Å². The largest absolute Gasteiger partial charge is 0.518 e. The Labute approximate surface area is 275 Å². The number of thioether (sulfide) groups is 1. The van der Waals surface area contributed by atoms with Crippen molar-refractivity contribution in [2.75, 3.05) is 37.5 Å². The molecule has 7 rings (SSSR count). The van der Waals surface area contributed by atoms with Crippen LogP contribution < -0.4 is 4.90 Å². The van der Waals surface area contributed by atoms with Crippen LogP contribution in [0.4, 0.5) is 23.4 Å². The summed E-state index contributed by atoms with van der Waals surface area (Å²) in [5.74, 6) is 0.000968. The van der Waals surface area contributed by atoms with Gasteiger partial charge in [0.25, 0.3) is 0 Å². The maximum absolute atomic E-state index is 15.4. The number of benzene rings is 2. The van der Waals surface area contributed by atoms with Crippen LogP contribution in [-0.4, -0.2) is 90.7 Å². The van der Waals surface area contributed by atoms with E-state index >= 15 is 4.39 Å². The van der Waals surface area contributed by atoms with E-state index in [1.807, 2.05) is 11.2 Å². The Balaban J connectivity index is 1.63. The number of alkyl halides is 3. The molecule has 1 saturated heterocycles. The number of aryl methyl sites for hydroxylation is 3. The summed E-state index contributed by atoms with van der Waals surface area (Å²) in [4.78, 5) is 11.6. The van der Waals surface area contributed by atoms with Crippen molar-refractivity contribution < 1.29 is 35.8 Å². The fourth-order valence-electron chi connectivity index (χ4n) is 6.65. The number of ether oxygens (including phenoxy) is 1. The molecule has 2 aromatic carbocycles. The summed E-state index contributed by atoms with van der Waals surface area (Å²) in [6, 6.07) is 3.87. The highest BCUT2D eigenvalue weighted by atomic mass is 32.2. The van der Waals surface area contributed by atoms with Crippen molar-refractivity contribution in [1.29, 1.82) is 0 Å². The van der Waals surface area contributed by atoms with E-state index in [0.717, 1.165) is 6.20 Å². The van der Waals surface area contributed by atoms with E-state index in [0.29, 0.717) is 57.0 Å². The molecule has 0 amide bonds. The summed E-state index contributed by atoms with van der Waals surface area (Å²) in [7, 11) is -2.45. The molecular formula is C30H30F4N8O4S2. The van der Waals surface area contributed by atoms with Gasteiger partial charge in [-0.3, -0.25) is 4.68 Å². The zero-order chi connectivity index (χ0) is 34.5. The van der Waals surface area contributed by atoms with Gasteiger partial charge in [-0.25, -0.2) is 14.4 Å². The molecule has 1 aliphatic heterocycles. The number of nitrogens with zero attached hydrogens (tertiary/aromatic N) is 8. The van der Waals surface area contributed by atoms with Gasteiger partial charge < -0.3 is 19.3 Å². The number of rotatable bonds is 5. The Hall–Kier alpha value is -4.00. The minimum absolute atomic E-state index is 0.0382. The fraction of sp³-hybridized carbons (Fsp3) is 0.400. The van der Waals surface area contributed by atoms with Crippen molar-refractivity contribution in [3.05, 3.63) is 35.8 Å². The number of aliphatic hydroxyl groups is 1. The highest BCUT2D eigenvalue weighted by molar-refractivity contribution is 7.98. The third-order valence-corrected chi connectivity index (χ3v) is 10.6. The van der Waals surface area contributed by atoms with Gasteiger partial charge in [0.1, 0.15) is 28.6 Å². The topological polar surface area (TPSA) is 133 Å². The molecule has 0 aliphatic carbocycles. The third-order valence-electron chi connectivity index (χ3n) is 8.68. The van der Waals surface area contributed by atoms with Crippen LogP contribution in [0.3, 0.4) is 0 Å². The molecule has 0 spiro atoms. The quantitative estimate of drug-likeness (QED) is 0.152. The minimum Gasteiger partial charge on any atom is -0.386 e. The van der Waals surface area contributed by atoms with E-state index < -0.39 is 26.9 Å². The van der Waals surface area contributed by atoms with Crippen LogP contribution in [0.1, 0.15) is 19.4 Å². The highest BCUT2D eigenvalue weighted by Gasteiger charge is 2.49. The second-order valence-electron chi connectivity index (χ2n) is 12.0. The van der Waals surface area contributed by atoms with Crippen LogP contribution >= 0.6 is 11.8 Å². The molecule has 1 N–H and O–H groups in total. The lowest BCUT2D eigenvalue weighted by Crippen LogP contribution is -2.42. The number of hydrogen-bond acceptors (Lipinski definition) is 10. The molecule has 1 atom stereocenters. The van der Waals surface area contributed by atoms with Gasteiger partial charge in [-0.2, -0.15) is 31.8 Å². The first-order valence-corrected chi connectivity index (χ1v) is 17.5. The van der Waals surface area contributed by atoms with Crippen molar-refractivity contribution >= 4 is 71.3 Å². The minimum atomic E-state index is -5.91. The van der Waals surface area contributed by atoms with Crippen LogP contribution in [-0.2, 0) is 35.3 Å². The second kappa shape index (κ2) is 11.0. The van der Waals surface area contributed by atoms with Crippen LogP contribution in [0, 0.1) is 5.82 Å². The summed E-state index contributed by atoms with van der Waals surface area (Å²) < 4.78 is 91.0. The number of halogens is 4. The lowest BCUT2D eigenvalue weighted by atomic mass is 9.92. The van der Waals surface area contributed by atoms with Crippen molar-refractivity contribution in [2.24, 2.45) is 14.1 Å². The lowest BCUT2D eigenvalue weighted by molar-refractivity contribution is -0.0448. The molecule has 48 heavy (non-hydrogen) atoms. The first-order valence-electron chi connectivity index (χ1n) is 14.9. The standard InChI is InChI=1S/C30H30F4N8O4S2/c1-6-16-18(31)8-7-15-11-19-17(12-35-42(19)48(44,45)30(32,33)34)21(20(15)16)23-25-24(40(4)38-23)22-26(39(25)3)36-28(47-5)37-27(22)41-9-10-46-14-29(2,43)13-41/h7-8,11-12,43H,6,9-10,13-14H2,1-5H3/t29-/m0/s1. The fourth-order valence-corrected chi connectivity index (χ4v) is 7.78. The van der Waals surface area contributed by atoms with Gasteiger partial charge in [0.2, 0.25) is 0 Å². The predicted molar refractivity (Wildman–Crippen MR) is 174 cm³/mol. The van der Waals surface area contributed by atoms with Gasteiger partial charge in [-0.15, -0.1) is 4.09 Å². The molecule has 0 saturated carbocycles. The smallest absolute Gasteiger partial charge is 0.386 e. The number of β-amino-alcohol motifs (C(OH)–C–C–N with tert-alkyl or cyclic N) is 1. The van der Waals surface area contributed by atoms with E-state index in [2.05, 4.69) is 5.10 Å². The maximum Gasteiger partial charge on any atom is 0.518 e. The average Bonchev–Trinajstić information content (AvgIpc) is 3.64. The molecule has 0 radical (unpaired) electrons. The highest BCUT2D eigenvalue weighted by Crippen LogP contribution is 2.45. The zero-order valence-electron chi connectivity index (χ0n) is 26.4. The summed E-state index contributed by atoms with van der Waals surface area (Å²) in [5, 5.41) is 21.3. The maximum atomic E-state index is 15.4. The van der Waals surface area contributed by atoms with Gasteiger partial charge in [0, 0.05) is 31.6 Å². The Morgan fingerprint density at radius 3 is 2.58 bits per heavy atom. The number of aromatic nitrogens is 7. The van der Waals surface area contributed by atoms with Crippen molar-refractivity contribution in [1.82, 2.24) is 33.5 Å². The van der Waals surface area contributed by atoms with Crippen molar-refractivity contribution in [2.45, 2.75) is 36.5 Å². The molecule has 1 aliphatic rings. The number of fused-ring (bicyclic) bond motifs is 5. The predicted octanol–water partition coefficient (Wildman–Crippen LogP) is 4.73. The average molecular weight is 707 g/mol. The number of hydrogen-bond donors (Lipinski definition) is 1. The molecule has 18 heteroatoms. The van der Waals surface area contributed by atoms with E-state index in [9.17, 15) is 26.7 Å². The van der Waals surface area contributed by atoms with E-state index in [4.69, 9.17) is 19.8 Å². The molecule has 6 aromatic rings. The van der Waals surface area contributed by atoms with Gasteiger partial charge in [0.05, 0.1) is 47.9 Å². The first-order chi connectivity index (χ1) is 22.6. The Morgan fingerprint density at radius 1 is 1.15 bits per heavy atom. The SMILES string of the molecule is CCc1c(F)ccc2cc3c(cnn3S(=O)(=O)C(F)(F)F)c(-c3nn(C)c4c5c(N6CCOC[C@@](C)(O)C6)nc(SC)nc5n(C)c34)c12. The number of anilines is 1. The summed E-state index contributed by atoms with van der Waals surface area (Å²) in [5.41, 5.74) is -4.77. The normalized spacial score (nSPS) is 18.2. The molecule has 0 unspecified atom stereocenters. The van der Waals surface area contributed by atoms with E-state index in [1.54, 1.807) is 37.2 Å². The first kappa shape index (κ1) is 32.5. The molecule has 0 bridgehead atoms. The molecular weight excluding hydrogens is 677 g/mol. The van der Waals surface area contributed by atoms with Crippen molar-refractivity contribution in [3.63, 3.8) is 0 Å². The van der Waals surface area contributed by atoms with E-state index in [1.165, 1.54) is 30.0 Å². The Kier molecular flexibility index (Phi) is 7.46. The van der Waals surface area contributed by atoms with Gasteiger partial charge in [-0.1, -0.05) is 24.8 Å². The Bertz CT molecular complexity index is 2400. The Morgan fingerprint density at radius 2 is 1.90 bits per heavy atom.